The monoisotopic (exact) mass is 242 g/mol. The molecule has 3 nitrogen and oxygen atoms in total. The number of hydrogen-bond acceptors (Lipinski definition) is 3. The molecule has 0 fully saturated rings. The number of H-pyrrole nitrogens is 1. The first-order valence-electron chi connectivity index (χ1n) is 5.10. The van der Waals surface area contributed by atoms with E-state index < -0.39 is 0 Å². The van der Waals surface area contributed by atoms with Crippen molar-refractivity contribution < 1.29 is 0 Å². The van der Waals surface area contributed by atoms with Gasteiger partial charge in [0.1, 0.15) is 6.07 Å². The number of aromatic amines is 1. The molecule has 0 aliphatic rings. The number of pyridine rings is 1. The zero-order chi connectivity index (χ0) is 12.3. The molecule has 0 atom stereocenters. The molecular formula is C13H10N2OS. The average molecular weight is 242 g/mol. The van der Waals surface area contributed by atoms with Crippen LogP contribution in [0.1, 0.15) is 16.7 Å². The number of nitrogens with one attached hydrogen (secondary N) is 1. The minimum atomic E-state index is -0.236. The molecule has 0 unspecified atom stereocenters. The van der Waals surface area contributed by atoms with Crippen LogP contribution in [0.5, 0.6) is 0 Å². The van der Waals surface area contributed by atoms with Crippen LogP contribution < -0.4 is 5.56 Å². The number of nitriles is 1. The SMILES string of the molecule is N#Cc1c(Cc2ccccc2)cc(=O)[nH]c1S. The molecule has 2 rings (SSSR count). The van der Waals surface area contributed by atoms with Gasteiger partial charge < -0.3 is 4.98 Å². The van der Waals surface area contributed by atoms with Gasteiger partial charge in [0.25, 0.3) is 0 Å². The van der Waals surface area contributed by atoms with Crippen LogP contribution in [0.3, 0.4) is 0 Å². The van der Waals surface area contributed by atoms with Gasteiger partial charge in [0, 0.05) is 6.07 Å². The highest BCUT2D eigenvalue weighted by atomic mass is 32.1. The summed E-state index contributed by atoms with van der Waals surface area (Å²) in [7, 11) is 0. The maximum absolute atomic E-state index is 11.4. The summed E-state index contributed by atoms with van der Waals surface area (Å²) < 4.78 is 0. The zero-order valence-corrected chi connectivity index (χ0v) is 9.87. The van der Waals surface area contributed by atoms with Crippen molar-refractivity contribution in [1.82, 2.24) is 4.98 Å². The first-order valence-corrected chi connectivity index (χ1v) is 5.54. The summed E-state index contributed by atoms with van der Waals surface area (Å²) in [4.78, 5) is 13.9. The molecule has 0 radical (unpaired) electrons. The second kappa shape index (κ2) is 4.89. The van der Waals surface area contributed by atoms with Crippen molar-refractivity contribution in [2.24, 2.45) is 0 Å². The molecule has 17 heavy (non-hydrogen) atoms. The number of hydrogen-bond donors (Lipinski definition) is 2. The van der Waals surface area contributed by atoms with Gasteiger partial charge in [0.05, 0.1) is 10.6 Å². The minimum Gasteiger partial charge on any atom is -0.316 e. The van der Waals surface area contributed by atoms with E-state index in [1.807, 2.05) is 30.3 Å². The van der Waals surface area contributed by atoms with Gasteiger partial charge in [-0.25, -0.2) is 0 Å². The van der Waals surface area contributed by atoms with Crippen LogP contribution in [0.4, 0.5) is 0 Å². The summed E-state index contributed by atoms with van der Waals surface area (Å²) in [5.74, 6) is 0. The van der Waals surface area contributed by atoms with Crippen molar-refractivity contribution in [3.63, 3.8) is 0 Å². The summed E-state index contributed by atoms with van der Waals surface area (Å²) in [6.45, 7) is 0. The Labute approximate surface area is 104 Å². The Morgan fingerprint density at radius 3 is 2.65 bits per heavy atom. The average Bonchev–Trinajstić information content (AvgIpc) is 2.30. The molecule has 0 spiro atoms. The summed E-state index contributed by atoms with van der Waals surface area (Å²) >= 11 is 4.11. The highest BCUT2D eigenvalue weighted by Gasteiger charge is 2.08. The second-order valence-electron chi connectivity index (χ2n) is 3.66. The van der Waals surface area contributed by atoms with Crippen LogP contribution in [0.2, 0.25) is 0 Å². The highest BCUT2D eigenvalue weighted by molar-refractivity contribution is 7.80. The van der Waals surface area contributed by atoms with Crippen molar-refractivity contribution in [2.75, 3.05) is 0 Å². The van der Waals surface area contributed by atoms with E-state index in [0.717, 1.165) is 5.56 Å². The van der Waals surface area contributed by atoms with E-state index in [4.69, 9.17) is 5.26 Å². The lowest BCUT2D eigenvalue weighted by Crippen LogP contribution is -2.09. The van der Waals surface area contributed by atoms with Crippen molar-refractivity contribution in [1.29, 1.82) is 5.26 Å². The lowest BCUT2D eigenvalue weighted by atomic mass is 10.0. The van der Waals surface area contributed by atoms with Gasteiger partial charge in [0.15, 0.2) is 0 Å². The minimum absolute atomic E-state index is 0.236. The van der Waals surface area contributed by atoms with E-state index in [1.165, 1.54) is 6.07 Å². The Balaban J connectivity index is 2.46. The van der Waals surface area contributed by atoms with E-state index in [1.54, 1.807) is 0 Å². The normalized spacial score (nSPS) is 9.88. The molecule has 0 saturated heterocycles. The third-order valence-electron chi connectivity index (χ3n) is 2.45. The molecule has 84 valence electrons. The predicted octanol–water partition coefficient (Wildman–Crippen LogP) is 2.13. The van der Waals surface area contributed by atoms with Gasteiger partial charge in [-0.15, -0.1) is 12.6 Å². The first kappa shape index (κ1) is 11.5. The third-order valence-corrected chi connectivity index (χ3v) is 2.79. The van der Waals surface area contributed by atoms with Crippen LogP contribution in [-0.4, -0.2) is 4.98 Å². The molecule has 0 saturated carbocycles. The molecule has 0 aliphatic carbocycles. The van der Waals surface area contributed by atoms with E-state index in [9.17, 15) is 4.79 Å². The van der Waals surface area contributed by atoms with Gasteiger partial charge >= 0.3 is 0 Å². The van der Waals surface area contributed by atoms with Gasteiger partial charge in [-0.2, -0.15) is 5.26 Å². The summed E-state index contributed by atoms with van der Waals surface area (Å²) in [6.07, 6.45) is 0.557. The zero-order valence-electron chi connectivity index (χ0n) is 8.97. The van der Waals surface area contributed by atoms with Crippen LogP contribution in [-0.2, 0) is 6.42 Å². The molecule has 2 aromatic rings. The number of nitrogens with zero attached hydrogens (tertiary/aromatic N) is 1. The van der Waals surface area contributed by atoms with Crippen molar-refractivity contribution in [3.05, 3.63) is 63.4 Å². The maximum atomic E-state index is 11.4. The van der Waals surface area contributed by atoms with E-state index in [2.05, 4.69) is 23.7 Å². The lowest BCUT2D eigenvalue weighted by Gasteiger charge is -2.05. The van der Waals surface area contributed by atoms with E-state index in [0.29, 0.717) is 22.6 Å². The standard InChI is InChI=1S/C13H10N2OS/c14-8-11-10(7-12(16)15-13(11)17)6-9-4-2-1-3-5-9/h1-5,7H,6H2,(H2,15,16,17). The van der Waals surface area contributed by atoms with Crippen molar-refractivity contribution in [2.45, 2.75) is 11.4 Å². The molecule has 0 amide bonds. The number of aromatic nitrogens is 1. The molecular weight excluding hydrogens is 232 g/mol. The lowest BCUT2D eigenvalue weighted by molar-refractivity contribution is 1.02. The van der Waals surface area contributed by atoms with E-state index in [-0.39, 0.29) is 5.56 Å². The molecule has 0 aliphatic heterocycles. The fourth-order valence-corrected chi connectivity index (χ4v) is 1.98. The Morgan fingerprint density at radius 2 is 2.00 bits per heavy atom. The molecule has 4 heteroatoms. The van der Waals surface area contributed by atoms with Crippen LogP contribution in [0.15, 0.2) is 46.2 Å². The third kappa shape index (κ3) is 2.58. The molecule has 1 heterocycles. The van der Waals surface area contributed by atoms with Gasteiger partial charge in [0.2, 0.25) is 5.56 Å². The molecule has 1 aromatic heterocycles. The fraction of sp³-hybridized carbons (Fsp3) is 0.0769. The van der Waals surface area contributed by atoms with Gasteiger partial charge in [-0.05, 0) is 17.5 Å². The molecule has 1 N–H and O–H groups in total. The Morgan fingerprint density at radius 1 is 1.29 bits per heavy atom. The Hall–Kier alpha value is -1.99. The quantitative estimate of drug-likeness (QED) is 0.793. The fourth-order valence-electron chi connectivity index (χ4n) is 1.68. The summed E-state index contributed by atoms with van der Waals surface area (Å²) in [6, 6.07) is 13.2. The van der Waals surface area contributed by atoms with E-state index >= 15 is 0 Å². The molecule has 1 aromatic carbocycles. The second-order valence-corrected chi connectivity index (χ2v) is 4.10. The summed E-state index contributed by atoms with van der Waals surface area (Å²) in [5, 5.41) is 9.37. The maximum Gasteiger partial charge on any atom is 0.249 e. The van der Waals surface area contributed by atoms with Gasteiger partial charge in [-0.1, -0.05) is 30.3 Å². The van der Waals surface area contributed by atoms with Crippen molar-refractivity contribution in [3.8, 4) is 6.07 Å². The van der Waals surface area contributed by atoms with Gasteiger partial charge in [-0.3, -0.25) is 4.79 Å². The van der Waals surface area contributed by atoms with Crippen LogP contribution in [0, 0.1) is 11.3 Å². The van der Waals surface area contributed by atoms with Crippen molar-refractivity contribution >= 4 is 12.6 Å². The number of benzene rings is 1. The Bertz CT molecular complexity index is 626. The molecule has 0 bridgehead atoms. The topological polar surface area (TPSA) is 56.6 Å². The smallest absolute Gasteiger partial charge is 0.249 e. The highest BCUT2D eigenvalue weighted by Crippen LogP contribution is 2.16. The summed E-state index contributed by atoms with van der Waals surface area (Å²) in [5.41, 5.74) is 1.95. The van der Waals surface area contributed by atoms with Crippen LogP contribution in [0.25, 0.3) is 0 Å². The predicted molar refractivity (Wildman–Crippen MR) is 68.3 cm³/mol. The Kier molecular flexibility index (Phi) is 3.31. The number of rotatable bonds is 2. The van der Waals surface area contributed by atoms with Crippen LogP contribution >= 0.6 is 12.6 Å². The number of thiol groups is 1. The largest absolute Gasteiger partial charge is 0.316 e. The first-order chi connectivity index (χ1) is 8.20.